The molecule has 0 spiro atoms. The average Bonchev–Trinajstić information content (AvgIpc) is 3.11. The molecule has 0 saturated carbocycles. The Labute approximate surface area is 164 Å². The van der Waals surface area contributed by atoms with Gasteiger partial charge in [-0.1, -0.05) is 36.4 Å². The molecule has 0 aliphatic heterocycles. The highest BCUT2D eigenvalue weighted by Gasteiger charge is 2.14. The number of benzene rings is 2. The smallest absolute Gasteiger partial charge is 0.339 e. The van der Waals surface area contributed by atoms with Gasteiger partial charge in [-0.2, -0.15) is 0 Å². The van der Waals surface area contributed by atoms with E-state index in [9.17, 15) is 4.79 Å². The molecule has 2 heterocycles. The molecule has 0 saturated heterocycles. The lowest BCUT2D eigenvalue weighted by Gasteiger charge is -2.09. The first-order chi connectivity index (χ1) is 13.6. The average molecular weight is 370 g/mol. The monoisotopic (exact) mass is 370 g/mol. The first-order valence-corrected chi connectivity index (χ1v) is 9.29. The Morgan fingerprint density at radius 1 is 1.04 bits per heavy atom. The third-order valence-corrected chi connectivity index (χ3v) is 4.91. The van der Waals surface area contributed by atoms with Gasteiger partial charge in [0.1, 0.15) is 0 Å². The van der Waals surface area contributed by atoms with E-state index in [-0.39, 0.29) is 5.97 Å². The van der Waals surface area contributed by atoms with Crippen molar-refractivity contribution >= 4 is 16.9 Å². The zero-order valence-corrected chi connectivity index (χ0v) is 16.1. The van der Waals surface area contributed by atoms with E-state index in [1.165, 1.54) is 23.6 Å². The van der Waals surface area contributed by atoms with Gasteiger partial charge in [0, 0.05) is 30.9 Å². The Bertz CT molecular complexity index is 1130. The maximum absolute atomic E-state index is 12.1. The summed E-state index contributed by atoms with van der Waals surface area (Å²) in [7, 11) is 1.40. The van der Waals surface area contributed by atoms with Crippen molar-refractivity contribution in [1.82, 2.24) is 9.55 Å². The number of hydrogen-bond donors (Lipinski definition) is 0. The molecule has 4 heteroatoms. The van der Waals surface area contributed by atoms with Crippen LogP contribution in [0.4, 0.5) is 0 Å². The van der Waals surface area contributed by atoms with E-state index >= 15 is 0 Å². The van der Waals surface area contributed by atoms with Crippen LogP contribution < -0.4 is 0 Å². The van der Waals surface area contributed by atoms with Crippen LogP contribution in [0.3, 0.4) is 0 Å². The van der Waals surface area contributed by atoms with E-state index in [0.29, 0.717) is 12.0 Å². The third kappa shape index (κ3) is 3.67. The summed E-state index contributed by atoms with van der Waals surface area (Å²) in [4.78, 5) is 16.6. The third-order valence-electron chi connectivity index (χ3n) is 4.91. The summed E-state index contributed by atoms with van der Waals surface area (Å²) in [5.74, 6) is -0.346. The van der Waals surface area contributed by atoms with Gasteiger partial charge in [0.25, 0.3) is 0 Å². The first-order valence-electron chi connectivity index (χ1n) is 9.29. The highest BCUT2D eigenvalue weighted by atomic mass is 16.5. The van der Waals surface area contributed by atoms with Gasteiger partial charge in [0.2, 0.25) is 0 Å². The molecule has 0 bridgehead atoms. The van der Waals surface area contributed by atoms with Crippen molar-refractivity contribution in [2.75, 3.05) is 7.11 Å². The Balaban J connectivity index is 1.62. The molecule has 0 atom stereocenters. The second-order valence-electron chi connectivity index (χ2n) is 7.00. The van der Waals surface area contributed by atoms with Gasteiger partial charge in [-0.15, -0.1) is 0 Å². The number of esters is 1. The van der Waals surface area contributed by atoms with Crippen molar-refractivity contribution in [1.29, 1.82) is 0 Å². The van der Waals surface area contributed by atoms with Gasteiger partial charge < -0.3 is 9.30 Å². The minimum Gasteiger partial charge on any atom is -0.465 e. The molecule has 0 aliphatic rings. The fourth-order valence-electron chi connectivity index (χ4n) is 3.50. The van der Waals surface area contributed by atoms with E-state index in [1.807, 2.05) is 19.1 Å². The molecular weight excluding hydrogens is 348 g/mol. The first kappa shape index (κ1) is 18.0. The number of aryl methyl sites for hydroxylation is 1. The minimum atomic E-state index is -0.346. The summed E-state index contributed by atoms with van der Waals surface area (Å²) in [6, 6.07) is 20.8. The number of methoxy groups -OCH3 is 1. The molecule has 0 radical (unpaired) electrons. The lowest BCUT2D eigenvalue weighted by molar-refractivity contribution is 0.0599. The lowest BCUT2D eigenvalue weighted by Crippen LogP contribution is -2.08. The Hall–Kier alpha value is -3.40. The van der Waals surface area contributed by atoms with Gasteiger partial charge in [-0.25, -0.2) is 4.79 Å². The SMILES string of the molecule is COC(=O)c1cc(C)cnc1Cc1ccc2c(ccn2Cc2ccccc2)c1. The molecule has 0 N–H and O–H groups in total. The van der Waals surface area contributed by atoms with Crippen molar-refractivity contribution in [2.24, 2.45) is 0 Å². The maximum atomic E-state index is 12.1. The predicted molar refractivity (Wildman–Crippen MR) is 111 cm³/mol. The van der Waals surface area contributed by atoms with Crippen molar-refractivity contribution in [2.45, 2.75) is 19.9 Å². The highest BCUT2D eigenvalue weighted by molar-refractivity contribution is 5.91. The van der Waals surface area contributed by atoms with Crippen LogP contribution in [-0.4, -0.2) is 22.6 Å². The molecule has 2 aromatic carbocycles. The van der Waals surface area contributed by atoms with Crippen molar-refractivity contribution in [3.63, 3.8) is 0 Å². The van der Waals surface area contributed by atoms with Gasteiger partial charge >= 0.3 is 5.97 Å². The van der Waals surface area contributed by atoms with E-state index in [1.54, 1.807) is 6.20 Å². The number of carbonyl (C=O) groups is 1. The van der Waals surface area contributed by atoms with Gasteiger partial charge in [0.05, 0.1) is 18.4 Å². The molecule has 140 valence electrons. The van der Waals surface area contributed by atoms with Crippen LogP contribution in [0, 0.1) is 6.92 Å². The lowest BCUT2D eigenvalue weighted by atomic mass is 10.0. The Kier molecular flexibility index (Phi) is 4.94. The zero-order valence-electron chi connectivity index (χ0n) is 16.1. The fourth-order valence-corrected chi connectivity index (χ4v) is 3.50. The highest BCUT2D eigenvalue weighted by Crippen LogP contribution is 2.22. The number of hydrogen-bond acceptors (Lipinski definition) is 3. The van der Waals surface area contributed by atoms with Crippen LogP contribution in [0.5, 0.6) is 0 Å². The summed E-state index contributed by atoms with van der Waals surface area (Å²) in [5, 5.41) is 1.18. The van der Waals surface area contributed by atoms with Crippen molar-refractivity contribution in [3.05, 3.63) is 101 Å². The number of pyridine rings is 1. The number of rotatable bonds is 5. The fraction of sp³-hybridized carbons (Fsp3) is 0.167. The van der Waals surface area contributed by atoms with E-state index < -0.39 is 0 Å². The Morgan fingerprint density at radius 2 is 1.86 bits per heavy atom. The summed E-state index contributed by atoms with van der Waals surface area (Å²) in [5.41, 5.74) is 5.79. The largest absolute Gasteiger partial charge is 0.465 e. The van der Waals surface area contributed by atoms with Crippen LogP contribution in [0.25, 0.3) is 10.9 Å². The maximum Gasteiger partial charge on any atom is 0.339 e. The number of nitrogens with zero attached hydrogens (tertiary/aromatic N) is 2. The van der Waals surface area contributed by atoms with Gasteiger partial charge in [-0.05, 0) is 53.3 Å². The van der Waals surface area contributed by atoms with Crippen molar-refractivity contribution < 1.29 is 9.53 Å². The second kappa shape index (κ2) is 7.69. The molecule has 28 heavy (non-hydrogen) atoms. The number of ether oxygens (including phenoxy) is 1. The molecule has 4 nitrogen and oxygen atoms in total. The van der Waals surface area contributed by atoms with Crippen LogP contribution in [0.15, 0.2) is 73.1 Å². The molecule has 4 rings (SSSR count). The summed E-state index contributed by atoms with van der Waals surface area (Å²) >= 11 is 0. The second-order valence-corrected chi connectivity index (χ2v) is 7.00. The topological polar surface area (TPSA) is 44.1 Å². The van der Waals surface area contributed by atoms with Gasteiger partial charge in [-0.3, -0.25) is 4.98 Å². The van der Waals surface area contributed by atoms with E-state index in [4.69, 9.17) is 4.74 Å². The van der Waals surface area contributed by atoms with Crippen LogP contribution >= 0.6 is 0 Å². The van der Waals surface area contributed by atoms with Crippen LogP contribution in [0.2, 0.25) is 0 Å². The van der Waals surface area contributed by atoms with Gasteiger partial charge in [0.15, 0.2) is 0 Å². The minimum absolute atomic E-state index is 0.346. The van der Waals surface area contributed by atoms with E-state index in [0.717, 1.165) is 23.4 Å². The van der Waals surface area contributed by atoms with Crippen molar-refractivity contribution in [3.8, 4) is 0 Å². The number of carbonyl (C=O) groups excluding carboxylic acids is 1. The van der Waals surface area contributed by atoms with Crippen LogP contribution in [-0.2, 0) is 17.7 Å². The number of aromatic nitrogens is 2. The quantitative estimate of drug-likeness (QED) is 0.475. The molecular formula is C24H22N2O2. The number of fused-ring (bicyclic) bond motifs is 1. The molecule has 0 unspecified atom stereocenters. The Morgan fingerprint density at radius 3 is 2.64 bits per heavy atom. The summed E-state index contributed by atoms with van der Waals surface area (Å²) < 4.78 is 7.17. The molecule has 2 aromatic heterocycles. The predicted octanol–water partition coefficient (Wildman–Crippen LogP) is 4.77. The summed E-state index contributed by atoms with van der Waals surface area (Å²) in [6.45, 7) is 2.76. The molecule has 0 amide bonds. The van der Waals surface area contributed by atoms with E-state index in [2.05, 4.69) is 64.3 Å². The molecule has 0 fully saturated rings. The molecule has 4 aromatic rings. The standard InChI is InChI=1S/C24H22N2O2/c1-17-12-21(24(27)28-2)22(25-15-17)14-19-8-9-23-20(13-19)10-11-26(23)16-18-6-4-3-5-7-18/h3-13,15H,14,16H2,1-2H3. The summed E-state index contributed by atoms with van der Waals surface area (Å²) in [6.07, 6.45) is 4.49. The van der Waals surface area contributed by atoms with Crippen LogP contribution in [0.1, 0.15) is 32.7 Å². The normalized spacial score (nSPS) is 10.9. The molecule has 0 aliphatic carbocycles. The zero-order chi connectivity index (χ0) is 19.5.